The number of amides is 2. The maximum absolute atomic E-state index is 11.1. The van der Waals surface area contributed by atoms with Crippen LogP contribution in [0, 0.1) is 0 Å². The van der Waals surface area contributed by atoms with Crippen molar-refractivity contribution >= 4 is 23.3 Å². The lowest BCUT2D eigenvalue weighted by molar-refractivity contribution is 0.0691. The fourth-order valence-electron chi connectivity index (χ4n) is 1.03. The zero-order chi connectivity index (χ0) is 12.7. The van der Waals surface area contributed by atoms with Crippen molar-refractivity contribution in [3.8, 4) is 0 Å². The van der Waals surface area contributed by atoms with E-state index >= 15 is 0 Å². The Morgan fingerprint density at radius 2 is 2.29 bits per heavy atom. The van der Waals surface area contributed by atoms with Crippen LogP contribution in [0.1, 0.15) is 15.5 Å². The van der Waals surface area contributed by atoms with Gasteiger partial charge < -0.3 is 15.7 Å². The zero-order valence-corrected chi connectivity index (χ0v) is 9.92. The molecule has 0 radical (unpaired) electrons. The molecule has 1 aromatic rings. The van der Waals surface area contributed by atoms with E-state index in [2.05, 4.69) is 22.2 Å². The smallest absolute Gasteiger partial charge is 0.355 e. The number of thiazole rings is 1. The Bertz CT molecular complexity index is 417. The molecule has 3 N–H and O–H groups in total. The number of aromatic carboxylic acids is 1. The van der Waals surface area contributed by atoms with E-state index in [4.69, 9.17) is 5.11 Å². The van der Waals surface area contributed by atoms with Crippen molar-refractivity contribution < 1.29 is 14.7 Å². The summed E-state index contributed by atoms with van der Waals surface area (Å²) in [6.07, 6.45) is 2.10. The van der Waals surface area contributed by atoms with Crippen LogP contribution in [0.3, 0.4) is 0 Å². The molecule has 0 saturated heterocycles. The standard InChI is InChI=1S/C10H13N3O3S/c1-2-4-11-10(16)12-5-3-8-13-7(6-17-8)9(14)15/h2,6H,1,3-5H2,(H,14,15)(H2,11,12,16). The Balaban J connectivity index is 2.28. The van der Waals surface area contributed by atoms with Crippen LogP contribution < -0.4 is 10.6 Å². The van der Waals surface area contributed by atoms with Crippen molar-refractivity contribution in [2.75, 3.05) is 13.1 Å². The monoisotopic (exact) mass is 255 g/mol. The Hall–Kier alpha value is -1.89. The number of hydrogen-bond acceptors (Lipinski definition) is 4. The molecule has 92 valence electrons. The number of carbonyl (C=O) groups excluding carboxylic acids is 1. The summed E-state index contributed by atoms with van der Waals surface area (Å²) in [7, 11) is 0. The minimum absolute atomic E-state index is 0.0427. The van der Waals surface area contributed by atoms with Gasteiger partial charge in [0.05, 0.1) is 5.01 Å². The van der Waals surface area contributed by atoms with Crippen molar-refractivity contribution in [1.82, 2.24) is 15.6 Å². The molecule has 1 aromatic heterocycles. The van der Waals surface area contributed by atoms with Crippen LogP contribution in [0.15, 0.2) is 18.0 Å². The fraction of sp³-hybridized carbons (Fsp3) is 0.300. The van der Waals surface area contributed by atoms with Crippen LogP contribution in [0.25, 0.3) is 0 Å². The second-order valence-electron chi connectivity index (χ2n) is 3.11. The normalized spacial score (nSPS) is 9.65. The lowest BCUT2D eigenvalue weighted by Crippen LogP contribution is -2.36. The van der Waals surface area contributed by atoms with Gasteiger partial charge in [0.25, 0.3) is 0 Å². The quantitative estimate of drug-likeness (QED) is 0.658. The highest BCUT2D eigenvalue weighted by Gasteiger charge is 2.08. The molecule has 0 aliphatic carbocycles. The van der Waals surface area contributed by atoms with Crippen molar-refractivity contribution in [2.45, 2.75) is 6.42 Å². The second kappa shape index (κ2) is 6.64. The molecule has 0 saturated carbocycles. The number of nitrogens with zero attached hydrogens (tertiary/aromatic N) is 1. The number of carbonyl (C=O) groups is 2. The Morgan fingerprint density at radius 1 is 1.53 bits per heavy atom. The summed E-state index contributed by atoms with van der Waals surface area (Å²) in [5.74, 6) is -1.04. The second-order valence-corrected chi connectivity index (χ2v) is 4.05. The van der Waals surface area contributed by atoms with E-state index in [1.165, 1.54) is 16.7 Å². The molecule has 6 nitrogen and oxygen atoms in total. The summed E-state index contributed by atoms with van der Waals surface area (Å²) in [6.45, 7) is 4.29. The van der Waals surface area contributed by atoms with Crippen LogP contribution in [0.5, 0.6) is 0 Å². The Kier molecular flexibility index (Phi) is 5.15. The third kappa shape index (κ3) is 4.64. The molecule has 0 bridgehead atoms. The molecule has 17 heavy (non-hydrogen) atoms. The molecular formula is C10H13N3O3S. The van der Waals surface area contributed by atoms with E-state index in [0.29, 0.717) is 24.5 Å². The predicted molar refractivity (Wildman–Crippen MR) is 64.4 cm³/mol. The summed E-state index contributed by atoms with van der Waals surface area (Å²) in [5, 5.41) is 16.0. The lowest BCUT2D eigenvalue weighted by atomic mass is 10.4. The van der Waals surface area contributed by atoms with Gasteiger partial charge in [0, 0.05) is 24.9 Å². The first kappa shape index (κ1) is 13.2. The molecule has 0 atom stereocenters. The third-order valence-corrected chi connectivity index (χ3v) is 2.71. The van der Waals surface area contributed by atoms with Crippen molar-refractivity contribution in [1.29, 1.82) is 0 Å². The van der Waals surface area contributed by atoms with Gasteiger partial charge in [-0.15, -0.1) is 17.9 Å². The topological polar surface area (TPSA) is 91.3 Å². The van der Waals surface area contributed by atoms with Crippen molar-refractivity contribution in [3.63, 3.8) is 0 Å². The van der Waals surface area contributed by atoms with E-state index in [1.807, 2.05) is 0 Å². The van der Waals surface area contributed by atoms with Gasteiger partial charge in [-0.3, -0.25) is 0 Å². The van der Waals surface area contributed by atoms with Gasteiger partial charge in [0.15, 0.2) is 5.69 Å². The molecule has 1 heterocycles. The van der Waals surface area contributed by atoms with Crippen LogP contribution in [0.4, 0.5) is 4.79 Å². The Morgan fingerprint density at radius 3 is 2.88 bits per heavy atom. The average molecular weight is 255 g/mol. The van der Waals surface area contributed by atoms with Gasteiger partial charge in [0.1, 0.15) is 0 Å². The summed E-state index contributed by atoms with van der Waals surface area (Å²) < 4.78 is 0. The van der Waals surface area contributed by atoms with E-state index in [0.717, 1.165) is 0 Å². The molecule has 0 fully saturated rings. The highest BCUT2D eigenvalue weighted by molar-refractivity contribution is 7.09. The van der Waals surface area contributed by atoms with Crippen molar-refractivity contribution in [2.24, 2.45) is 0 Å². The third-order valence-electron chi connectivity index (χ3n) is 1.80. The first-order chi connectivity index (χ1) is 8.13. The minimum Gasteiger partial charge on any atom is -0.476 e. The SMILES string of the molecule is C=CCNC(=O)NCCc1nc(C(=O)O)cs1. The molecule has 0 aliphatic rings. The summed E-state index contributed by atoms with van der Waals surface area (Å²) in [4.78, 5) is 25.6. The van der Waals surface area contributed by atoms with Gasteiger partial charge in [0.2, 0.25) is 0 Å². The van der Waals surface area contributed by atoms with Crippen molar-refractivity contribution in [3.05, 3.63) is 28.7 Å². The van der Waals surface area contributed by atoms with Crippen LogP contribution in [-0.2, 0) is 6.42 Å². The van der Waals surface area contributed by atoms with Gasteiger partial charge in [-0.05, 0) is 0 Å². The van der Waals surface area contributed by atoms with Gasteiger partial charge >= 0.3 is 12.0 Å². The van der Waals surface area contributed by atoms with E-state index in [9.17, 15) is 9.59 Å². The number of nitrogens with one attached hydrogen (secondary N) is 2. The molecule has 0 aromatic carbocycles. The first-order valence-corrected chi connectivity index (χ1v) is 5.81. The molecule has 1 rings (SSSR count). The lowest BCUT2D eigenvalue weighted by Gasteiger charge is -2.03. The molecule has 2 amide bonds. The highest BCUT2D eigenvalue weighted by atomic mass is 32.1. The molecule has 0 unspecified atom stereocenters. The predicted octanol–water partition coefficient (Wildman–Crippen LogP) is 0.869. The van der Waals surface area contributed by atoms with Crippen LogP contribution in [0.2, 0.25) is 0 Å². The largest absolute Gasteiger partial charge is 0.476 e. The maximum atomic E-state index is 11.1. The average Bonchev–Trinajstić information content (AvgIpc) is 2.75. The molecule has 0 spiro atoms. The van der Waals surface area contributed by atoms with Crippen LogP contribution >= 0.6 is 11.3 Å². The fourth-order valence-corrected chi connectivity index (χ4v) is 1.81. The Labute approximate surface area is 102 Å². The van der Waals surface area contributed by atoms with Crippen LogP contribution in [-0.4, -0.2) is 35.2 Å². The maximum Gasteiger partial charge on any atom is 0.355 e. The number of carboxylic acid groups (broad SMARTS) is 1. The first-order valence-electron chi connectivity index (χ1n) is 4.93. The molecular weight excluding hydrogens is 242 g/mol. The van der Waals surface area contributed by atoms with E-state index < -0.39 is 5.97 Å². The highest BCUT2D eigenvalue weighted by Crippen LogP contribution is 2.09. The van der Waals surface area contributed by atoms with E-state index in [1.54, 1.807) is 6.08 Å². The molecule has 7 heteroatoms. The zero-order valence-electron chi connectivity index (χ0n) is 9.10. The number of rotatable bonds is 6. The number of aromatic nitrogens is 1. The number of carboxylic acids is 1. The molecule has 0 aliphatic heterocycles. The van der Waals surface area contributed by atoms with E-state index in [-0.39, 0.29) is 11.7 Å². The van der Waals surface area contributed by atoms with Gasteiger partial charge in [-0.2, -0.15) is 0 Å². The number of urea groups is 1. The minimum atomic E-state index is -1.04. The summed E-state index contributed by atoms with van der Waals surface area (Å²) in [6, 6.07) is -0.278. The van der Waals surface area contributed by atoms with Gasteiger partial charge in [-0.25, -0.2) is 14.6 Å². The summed E-state index contributed by atoms with van der Waals surface area (Å²) >= 11 is 1.27. The number of hydrogen-bond donors (Lipinski definition) is 3. The summed E-state index contributed by atoms with van der Waals surface area (Å²) in [5.41, 5.74) is 0.0427. The van der Waals surface area contributed by atoms with Gasteiger partial charge in [-0.1, -0.05) is 6.08 Å².